The number of halogens is 1. The summed E-state index contributed by atoms with van der Waals surface area (Å²) in [6.45, 7) is 0. The highest BCUT2D eigenvalue weighted by Crippen LogP contribution is 2.26. The van der Waals surface area contributed by atoms with Crippen LogP contribution in [0.5, 0.6) is 5.75 Å². The normalized spacial score (nSPS) is 11.1. The van der Waals surface area contributed by atoms with Crippen molar-refractivity contribution in [1.82, 2.24) is 5.43 Å². The lowest BCUT2D eigenvalue weighted by atomic mass is 10.3. The van der Waals surface area contributed by atoms with Gasteiger partial charge in [0, 0.05) is 13.1 Å². The number of aliphatic imine (C=N–C) groups is 1. The number of rotatable bonds is 2. The van der Waals surface area contributed by atoms with Gasteiger partial charge in [-0.2, -0.15) is 0 Å². The fourth-order valence-electron chi connectivity index (χ4n) is 1.01. The van der Waals surface area contributed by atoms with Crippen LogP contribution in [0.15, 0.2) is 23.2 Å². The molecule has 0 atom stereocenters. The summed E-state index contributed by atoms with van der Waals surface area (Å²) >= 11 is 5.97. The van der Waals surface area contributed by atoms with Crippen LogP contribution in [0, 0.1) is 0 Å². The third kappa shape index (κ3) is 3.00. The first-order valence-electron chi connectivity index (χ1n) is 4.25. The molecule has 6 heteroatoms. The minimum atomic E-state index is 0.421. The average Bonchev–Trinajstić information content (AvgIpc) is 2.28. The largest absolute Gasteiger partial charge is 0.497 e. The lowest BCUT2D eigenvalue weighted by Crippen LogP contribution is -2.36. The molecule has 0 aliphatic rings. The Kier molecular flexibility index (Phi) is 4.20. The van der Waals surface area contributed by atoms with Crippen LogP contribution in [-0.2, 0) is 0 Å². The highest BCUT2D eigenvalue weighted by molar-refractivity contribution is 6.33. The van der Waals surface area contributed by atoms with Gasteiger partial charge in [0.2, 0.25) is 5.96 Å². The molecule has 82 valence electrons. The molecule has 0 fully saturated rings. The quantitative estimate of drug-likeness (QED) is 0.308. The van der Waals surface area contributed by atoms with E-state index in [9.17, 15) is 0 Å². The minimum Gasteiger partial charge on any atom is -0.497 e. The van der Waals surface area contributed by atoms with Crippen molar-refractivity contribution in [1.29, 1.82) is 0 Å². The number of ether oxygens (including phenoxy) is 1. The smallest absolute Gasteiger partial charge is 0.210 e. The molecule has 0 saturated carbocycles. The van der Waals surface area contributed by atoms with Crippen LogP contribution in [0.1, 0.15) is 0 Å². The molecule has 0 aliphatic carbocycles. The van der Waals surface area contributed by atoms with E-state index in [1.165, 1.54) is 0 Å². The summed E-state index contributed by atoms with van der Waals surface area (Å²) in [7, 11) is 3.19. The molecule has 0 bridgehead atoms. The van der Waals surface area contributed by atoms with E-state index in [1.54, 1.807) is 32.4 Å². The van der Waals surface area contributed by atoms with Crippen molar-refractivity contribution in [2.45, 2.75) is 0 Å². The van der Waals surface area contributed by atoms with E-state index in [2.05, 4.69) is 15.7 Å². The van der Waals surface area contributed by atoms with Gasteiger partial charge in [0.05, 0.1) is 17.8 Å². The zero-order chi connectivity index (χ0) is 11.3. The summed E-state index contributed by atoms with van der Waals surface area (Å²) in [5.41, 5.74) is 3.08. The second-order valence-electron chi connectivity index (χ2n) is 2.69. The number of methoxy groups -OCH3 is 1. The molecule has 1 aromatic carbocycles. The Labute approximate surface area is 93.2 Å². The molecule has 1 aromatic rings. The van der Waals surface area contributed by atoms with Gasteiger partial charge < -0.3 is 10.1 Å². The van der Waals surface area contributed by atoms with Crippen LogP contribution in [-0.4, -0.2) is 20.1 Å². The Morgan fingerprint density at radius 3 is 2.80 bits per heavy atom. The zero-order valence-electron chi connectivity index (χ0n) is 8.54. The maximum Gasteiger partial charge on any atom is 0.210 e. The van der Waals surface area contributed by atoms with Gasteiger partial charge in [-0.1, -0.05) is 11.6 Å². The SMILES string of the molecule is CN=C(NN)Nc1cc(OC)ccc1Cl. The highest BCUT2D eigenvalue weighted by atomic mass is 35.5. The third-order valence-corrected chi connectivity index (χ3v) is 2.12. The van der Waals surface area contributed by atoms with Crippen molar-refractivity contribution in [2.75, 3.05) is 19.5 Å². The maximum absolute atomic E-state index is 5.97. The summed E-state index contributed by atoms with van der Waals surface area (Å²) < 4.78 is 5.07. The number of anilines is 1. The van der Waals surface area contributed by atoms with Gasteiger partial charge in [0.15, 0.2) is 0 Å². The standard InChI is InChI=1S/C9H13ClN4O/c1-12-9(14-11)13-8-5-6(15-2)3-4-7(8)10/h3-5H,11H2,1-2H3,(H2,12,13,14). The fraction of sp³-hybridized carbons (Fsp3) is 0.222. The van der Waals surface area contributed by atoms with E-state index >= 15 is 0 Å². The topological polar surface area (TPSA) is 71.7 Å². The van der Waals surface area contributed by atoms with E-state index in [1.807, 2.05) is 0 Å². The Hall–Kier alpha value is -1.46. The molecule has 0 saturated heterocycles. The van der Waals surface area contributed by atoms with Gasteiger partial charge in [0.1, 0.15) is 5.75 Å². The van der Waals surface area contributed by atoms with Crippen molar-refractivity contribution in [3.63, 3.8) is 0 Å². The second-order valence-corrected chi connectivity index (χ2v) is 3.09. The van der Waals surface area contributed by atoms with Gasteiger partial charge in [-0.05, 0) is 12.1 Å². The van der Waals surface area contributed by atoms with Gasteiger partial charge in [0.25, 0.3) is 0 Å². The fourth-order valence-corrected chi connectivity index (χ4v) is 1.18. The number of hydrogen-bond acceptors (Lipinski definition) is 3. The van der Waals surface area contributed by atoms with Gasteiger partial charge >= 0.3 is 0 Å². The van der Waals surface area contributed by atoms with E-state index < -0.39 is 0 Å². The summed E-state index contributed by atoms with van der Waals surface area (Å²) in [6, 6.07) is 5.25. The van der Waals surface area contributed by atoms with E-state index in [0.717, 1.165) is 0 Å². The average molecular weight is 229 g/mol. The van der Waals surface area contributed by atoms with Crippen molar-refractivity contribution >= 4 is 23.2 Å². The number of nitrogens with zero attached hydrogens (tertiary/aromatic N) is 1. The number of nitrogens with one attached hydrogen (secondary N) is 2. The maximum atomic E-state index is 5.97. The molecule has 1 rings (SSSR count). The second kappa shape index (κ2) is 5.43. The van der Waals surface area contributed by atoms with E-state index in [-0.39, 0.29) is 0 Å². The number of benzene rings is 1. The van der Waals surface area contributed by atoms with Crippen LogP contribution < -0.4 is 21.3 Å². The molecule has 0 radical (unpaired) electrons. The molecule has 4 N–H and O–H groups in total. The lowest BCUT2D eigenvalue weighted by Gasteiger charge is -2.10. The van der Waals surface area contributed by atoms with Crippen molar-refractivity contribution in [3.8, 4) is 5.75 Å². The van der Waals surface area contributed by atoms with Crippen LogP contribution in [0.4, 0.5) is 5.69 Å². The highest BCUT2D eigenvalue weighted by Gasteiger charge is 2.04. The first kappa shape index (κ1) is 11.6. The van der Waals surface area contributed by atoms with Crippen molar-refractivity contribution in [2.24, 2.45) is 10.8 Å². The van der Waals surface area contributed by atoms with E-state index in [4.69, 9.17) is 22.2 Å². The van der Waals surface area contributed by atoms with Crippen molar-refractivity contribution < 1.29 is 4.74 Å². The number of hydrazine groups is 1. The molecule has 0 unspecified atom stereocenters. The lowest BCUT2D eigenvalue weighted by molar-refractivity contribution is 0.415. The van der Waals surface area contributed by atoms with Crippen LogP contribution in [0.3, 0.4) is 0 Å². The molecule has 0 aliphatic heterocycles. The molecule has 0 heterocycles. The Balaban J connectivity index is 2.92. The summed E-state index contributed by atoms with van der Waals surface area (Å²) in [4.78, 5) is 3.87. The molecule has 5 nitrogen and oxygen atoms in total. The molecule has 0 spiro atoms. The molecule has 0 aromatic heterocycles. The monoisotopic (exact) mass is 228 g/mol. The Bertz CT molecular complexity index is 367. The van der Waals surface area contributed by atoms with Gasteiger partial charge in [-0.25, -0.2) is 5.84 Å². The zero-order valence-corrected chi connectivity index (χ0v) is 9.30. The molecular weight excluding hydrogens is 216 g/mol. The molecular formula is C9H13ClN4O. The van der Waals surface area contributed by atoms with Gasteiger partial charge in [-0.15, -0.1) is 0 Å². The first-order valence-corrected chi connectivity index (χ1v) is 4.63. The minimum absolute atomic E-state index is 0.421. The summed E-state index contributed by atoms with van der Waals surface area (Å²) in [5, 5.41) is 3.49. The predicted molar refractivity (Wildman–Crippen MR) is 62.3 cm³/mol. The summed E-state index contributed by atoms with van der Waals surface area (Å²) in [5.74, 6) is 6.36. The van der Waals surface area contributed by atoms with Crippen molar-refractivity contribution in [3.05, 3.63) is 23.2 Å². The summed E-state index contributed by atoms with van der Waals surface area (Å²) in [6.07, 6.45) is 0. The van der Waals surface area contributed by atoms with Crippen LogP contribution >= 0.6 is 11.6 Å². The Morgan fingerprint density at radius 1 is 1.53 bits per heavy atom. The van der Waals surface area contributed by atoms with Gasteiger partial charge in [-0.3, -0.25) is 10.4 Å². The number of hydrogen-bond donors (Lipinski definition) is 3. The van der Waals surface area contributed by atoms with E-state index in [0.29, 0.717) is 22.4 Å². The third-order valence-electron chi connectivity index (χ3n) is 1.79. The Morgan fingerprint density at radius 2 is 2.27 bits per heavy atom. The molecule has 15 heavy (non-hydrogen) atoms. The van der Waals surface area contributed by atoms with Crippen LogP contribution in [0.25, 0.3) is 0 Å². The predicted octanol–water partition coefficient (Wildman–Crippen LogP) is 1.21. The number of guanidine groups is 1. The number of nitrogens with two attached hydrogens (primary N) is 1. The molecule has 0 amide bonds. The first-order chi connectivity index (χ1) is 7.21. The van der Waals surface area contributed by atoms with Crippen LogP contribution in [0.2, 0.25) is 5.02 Å².